The maximum Gasteiger partial charge on any atom is 0.336 e. The second-order valence-electron chi connectivity index (χ2n) is 7.80. The first-order valence-corrected chi connectivity index (χ1v) is 10.8. The zero-order valence-corrected chi connectivity index (χ0v) is 17.2. The molecule has 2 heteroatoms. The first-order valence-electron chi connectivity index (χ1n) is 10.8. The van der Waals surface area contributed by atoms with Gasteiger partial charge in [0.1, 0.15) is 5.75 Å². The maximum absolute atomic E-state index is 11.7. The van der Waals surface area contributed by atoms with E-state index in [-0.39, 0.29) is 5.97 Å². The second-order valence-corrected chi connectivity index (χ2v) is 7.80. The summed E-state index contributed by atoms with van der Waals surface area (Å²) in [5.41, 5.74) is 1.39. The lowest BCUT2D eigenvalue weighted by Gasteiger charge is -2.29. The van der Waals surface area contributed by atoms with E-state index in [0.717, 1.165) is 5.92 Å². The monoisotopic (exact) mass is 368 g/mol. The molecule has 148 valence electrons. The molecule has 1 aliphatic rings. The highest BCUT2D eigenvalue weighted by Gasteiger charge is 2.22. The van der Waals surface area contributed by atoms with Crippen molar-refractivity contribution in [3.8, 4) is 5.75 Å². The molecule has 1 fully saturated rings. The third-order valence-corrected chi connectivity index (χ3v) is 5.67. The highest BCUT2D eigenvalue weighted by Crippen LogP contribution is 2.38. The minimum Gasteiger partial charge on any atom is -0.423 e. The molecule has 2 rings (SSSR count). The van der Waals surface area contributed by atoms with Crippen molar-refractivity contribution in [1.29, 1.82) is 0 Å². The van der Waals surface area contributed by atoms with Crippen LogP contribution >= 0.6 is 0 Å². The molecule has 2 nitrogen and oxygen atoms in total. The summed E-state index contributed by atoms with van der Waals surface area (Å²) in [5, 5.41) is 0. The number of ether oxygens (including phenoxy) is 1. The molecular formula is C25H36O2. The van der Waals surface area contributed by atoms with E-state index < -0.39 is 0 Å². The number of hydrogen-bond acceptors (Lipinski definition) is 2. The number of benzene rings is 1. The fraction of sp³-hybridized carbons (Fsp3) is 0.560. The smallest absolute Gasteiger partial charge is 0.336 e. The van der Waals surface area contributed by atoms with E-state index >= 15 is 0 Å². The molecule has 0 unspecified atom stereocenters. The average molecular weight is 369 g/mol. The molecule has 1 aromatic carbocycles. The third-order valence-electron chi connectivity index (χ3n) is 5.67. The zero-order chi connectivity index (χ0) is 19.3. The molecule has 1 aliphatic carbocycles. The molecule has 27 heavy (non-hydrogen) atoms. The van der Waals surface area contributed by atoms with Crippen LogP contribution in [0.1, 0.15) is 89.5 Å². The number of carbonyl (C=O) groups is 1. The SMILES string of the molecule is CC=CC=CC(=O)Oc1ccc(C2CCC(CCCCCCC)CC2)cc1. The van der Waals surface area contributed by atoms with Crippen LogP contribution in [0.3, 0.4) is 0 Å². The van der Waals surface area contributed by atoms with Gasteiger partial charge in [0.05, 0.1) is 0 Å². The molecular weight excluding hydrogens is 332 g/mol. The van der Waals surface area contributed by atoms with E-state index in [4.69, 9.17) is 4.74 Å². The molecule has 0 atom stereocenters. The van der Waals surface area contributed by atoms with Crippen molar-refractivity contribution >= 4 is 5.97 Å². The van der Waals surface area contributed by atoms with Gasteiger partial charge in [-0.25, -0.2) is 4.79 Å². The summed E-state index contributed by atoms with van der Waals surface area (Å²) in [4.78, 5) is 11.7. The Hall–Kier alpha value is -1.83. The number of hydrogen-bond donors (Lipinski definition) is 0. The molecule has 0 aliphatic heterocycles. The Balaban J connectivity index is 1.72. The van der Waals surface area contributed by atoms with Crippen molar-refractivity contribution in [3.05, 3.63) is 54.1 Å². The number of unbranched alkanes of at least 4 members (excludes halogenated alkanes) is 4. The summed E-state index contributed by atoms with van der Waals surface area (Å²) in [6.07, 6.45) is 20.5. The van der Waals surface area contributed by atoms with E-state index in [1.807, 2.05) is 31.2 Å². The molecule has 1 saturated carbocycles. The van der Waals surface area contributed by atoms with Gasteiger partial charge in [-0.1, -0.05) is 75.8 Å². The van der Waals surface area contributed by atoms with Crippen LogP contribution in [0.2, 0.25) is 0 Å². The zero-order valence-electron chi connectivity index (χ0n) is 17.2. The van der Waals surface area contributed by atoms with Gasteiger partial charge in [-0.2, -0.15) is 0 Å². The van der Waals surface area contributed by atoms with E-state index in [2.05, 4.69) is 19.1 Å². The Bertz CT molecular complexity index is 589. The summed E-state index contributed by atoms with van der Waals surface area (Å²) in [6, 6.07) is 8.12. The highest BCUT2D eigenvalue weighted by molar-refractivity contribution is 5.84. The summed E-state index contributed by atoms with van der Waals surface area (Å²) in [6.45, 7) is 4.19. The third kappa shape index (κ3) is 8.15. The standard InChI is InChI=1S/C25H36O2/c1-3-5-7-8-10-11-21-13-15-22(16-14-21)23-17-19-24(20-18-23)27-25(26)12-9-6-4-2/h4,6,9,12,17-22H,3,5,7-8,10-11,13-16H2,1-2H3. The van der Waals surface area contributed by atoms with E-state index in [9.17, 15) is 4.79 Å². The van der Waals surface area contributed by atoms with Gasteiger partial charge in [-0.05, 0) is 62.1 Å². The van der Waals surface area contributed by atoms with Gasteiger partial charge >= 0.3 is 5.97 Å². The van der Waals surface area contributed by atoms with Crippen LogP contribution in [-0.4, -0.2) is 5.97 Å². The maximum atomic E-state index is 11.7. The lowest BCUT2D eigenvalue weighted by atomic mass is 9.77. The Morgan fingerprint density at radius 1 is 1.00 bits per heavy atom. The Kier molecular flexibility index (Phi) is 9.97. The topological polar surface area (TPSA) is 26.3 Å². The average Bonchev–Trinajstić information content (AvgIpc) is 2.69. The quantitative estimate of drug-likeness (QED) is 0.142. The van der Waals surface area contributed by atoms with Crippen molar-refractivity contribution in [1.82, 2.24) is 0 Å². The largest absolute Gasteiger partial charge is 0.423 e. The van der Waals surface area contributed by atoms with Crippen LogP contribution in [0.25, 0.3) is 0 Å². The van der Waals surface area contributed by atoms with Crippen LogP contribution in [0.15, 0.2) is 48.6 Å². The van der Waals surface area contributed by atoms with Gasteiger partial charge in [0.25, 0.3) is 0 Å². The number of carbonyl (C=O) groups excluding carboxylic acids is 1. The van der Waals surface area contributed by atoms with Crippen molar-refractivity contribution in [2.24, 2.45) is 5.92 Å². The van der Waals surface area contributed by atoms with Crippen molar-refractivity contribution in [3.63, 3.8) is 0 Å². The molecule has 0 radical (unpaired) electrons. The van der Waals surface area contributed by atoms with Crippen LogP contribution in [0.4, 0.5) is 0 Å². The molecule has 0 N–H and O–H groups in total. The van der Waals surface area contributed by atoms with Gasteiger partial charge < -0.3 is 4.74 Å². The molecule has 0 heterocycles. The second kappa shape index (κ2) is 12.5. The molecule has 0 amide bonds. The summed E-state index contributed by atoms with van der Waals surface area (Å²) >= 11 is 0. The van der Waals surface area contributed by atoms with Crippen molar-refractivity contribution in [2.75, 3.05) is 0 Å². The summed E-state index contributed by atoms with van der Waals surface area (Å²) in [7, 11) is 0. The van der Waals surface area contributed by atoms with Gasteiger partial charge in [0, 0.05) is 6.08 Å². The van der Waals surface area contributed by atoms with E-state index in [1.54, 1.807) is 6.08 Å². The van der Waals surface area contributed by atoms with Crippen molar-refractivity contribution in [2.45, 2.75) is 84.0 Å². The first kappa shape index (κ1) is 21.5. The predicted octanol–water partition coefficient (Wildman–Crippen LogP) is 7.36. The van der Waals surface area contributed by atoms with Crippen LogP contribution < -0.4 is 4.74 Å². The molecule has 1 aromatic rings. The Morgan fingerprint density at radius 3 is 2.37 bits per heavy atom. The van der Waals surface area contributed by atoms with Crippen LogP contribution in [-0.2, 0) is 4.79 Å². The van der Waals surface area contributed by atoms with Gasteiger partial charge in [0.15, 0.2) is 0 Å². The summed E-state index contributed by atoms with van der Waals surface area (Å²) < 4.78 is 5.33. The lowest BCUT2D eigenvalue weighted by molar-refractivity contribution is -0.128. The van der Waals surface area contributed by atoms with Crippen LogP contribution in [0, 0.1) is 5.92 Å². The van der Waals surface area contributed by atoms with E-state index in [0.29, 0.717) is 11.7 Å². The van der Waals surface area contributed by atoms with Gasteiger partial charge in [0.2, 0.25) is 0 Å². The number of allylic oxidation sites excluding steroid dienone is 3. The molecule has 0 bridgehead atoms. The van der Waals surface area contributed by atoms with Gasteiger partial charge in [-0.3, -0.25) is 0 Å². The fourth-order valence-electron chi connectivity index (χ4n) is 4.02. The minimum atomic E-state index is -0.333. The van der Waals surface area contributed by atoms with Crippen LogP contribution in [0.5, 0.6) is 5.75 Å². The normalized spacial score (nSPS) is 20.4. The fourth-order valence-corrected chi connectivity index (χ4v) is 4.02. The minimum absolute atomic E-state index is 0.333. The lowest BCUT2D eigenvalue weighted by Crippen LogP contribution is -2.13. The number of rotatable bonds is 10. The predicted molar refractivity (Wildman–Crippen MR) is 114 cm³/mol. The Labute approximate surface area is 165 Å². The van der Waals surface area contributed by atoms with Crippen molar-refractivity contribution < 1.29 is 9.53 Å². The Morgan fingerprint density at radius 2 is 1.70 bits per heavy atom. The first-order chi connectivity index (χ1) is 13.2. The molecule has 0 saturated heterocycles. The van der Waals surface area contributed by atoms with E-state index in [1.165, 1.54) is 75.8 Å². The number of esters is 1. The van der Waals surface area contributed by atoms with Gasteiger partial charge in [-0.15, -0.1) is 0 Å². The molecule has 0 spiro atoms. The molecule has 0 aromatic heterocycles. The summed E-state index contributed by atoms with van der Waals surface area (Å²) in [5.74, 6) is 1.89. The highest BCUT2D eigenvalue weighted by atomic mass is 16.5.